The molecule has 1 saturated heterocycles. The van der Waals surface area contributed by atoms with E-state index < -0.39 is 0 Å². The van der Waals surface area contributed by atoms with Gasteiger partial charge in [0.1, 0.15) is 6.33 Å². The minimum atomic E-state index is 0.281. The molecule has 0 bridgehead atoms. The average Bonchev–Trinajstić information content (AvgIpc) is 2.36. The quantitative estimate of drug-likeness (QED) is 0.798. The molecule has 0 amide bonds. The summed E-state index contributed by atoms with van der Waals surface area (Å²) in [6, 6.07) is 0.744. The molecule has 1 aliphatic heterocycles. The molecular weight excluding hydrogens is 214 g/mol. The first kappa shape index (κ1) is 12.4. The van der Waals surface area contributed by atoms with Gasteiger partial charge in [0.25, 0.3) is 0 Å². The second kappa shape index (κ2) is 5.53. The third-order valence-corrected chi connectivity index (χ3v) is 3.53. The summed E-state index contributed by atoms with van der Waals surface area (Å²) in [5.74, 6) is 0. The van der Waals surface area contributed by atoms with E-state index in [9.17, 15) is 0 Å². The summed E-state index contributed by atoms with van der Waals surface area (Å²) in [4.78, 5) is 13.0. The van der Waals surface area contributed by atoms with Crippen LogP contribution in [-0.2, 0) is 0 Å². The SMILES string of the molecule is CNC(c1cncnc1)C1CN(C)CCN1C. The summed E-state index contributed by atoms with van der Waals surface area (Å²) in [5, 5.41) is 3.39. The fraction of sp³-hybridized carbons (Fsp3) is 0.667. The second-order valence-electron chi connectivity index (χ2n) is 4.75. The monoisotopic (exact) mass is 235 g/mol. The zero-order chi connectivity index (χ0) is 12.3. The number of nitrogens with one attached hydrogen (secondary N) is 1. The molecular formula is C12H21N5. The molecule has 5 heteroatoms. The maximum atomic E-state index is 4.11. The Morgan fingerprint density at radius 3 is 2.65 bits per heavy atom. The summed E-state index contributed by atoms with van der Waals surface area (Å²) in [5.41, 5.74) is 1.15. The lowest BCUT2D eigenvalue weighted by atomic mass is 9.99. The van der Waals surface area contributed by atoms with E-state index in [4.69, 9.17) is 0 Å². The molecule has 0 radical (unpaired) electrons. The van der Waals surface area contributed by atoms with E-state index in [0.717, 1.165) is 25.2 Å². The molecule has 2 rings (SSSR count). The van der Waals surface area contributed by atoms with E-state index in [-0.39, 0.29) is 6.04 Å². The highest BCUT2D eigenvalue weighted by Gasteiger charge is 2.30. The first-order valence-electron chi connectivity index (χ1n) is 6.03. The maximum absolute atomic E-state index is 4.11. The van der Waals surface area contributed by atoms with Crippen molar-refractivity contribution in [2.24, 2.45) is 0 Å². The topological polar surface area (TPSA) is 44.3 Å². The molecule has 2 unspecified atom stereocenters. The van der Waals surface area contributed by atoms with Crippen LogP contribution in [0.4, 0.5) is 0 Å². The van der Waals surface area contributed by atoms with Gasteiger partial charge in [-0.1, -0.05) is 0 Å². The van der Waals surface area contributed by atoms with Crippen molar-refractivity contribution in [1.82, 2.24) is 25.1 Å². The molecule has 2 atom stereocenters. The first-order valence-corrected chi connectivity index (χ1v) is 6.03. The molecule has 1 aromatic rings. The Labute approximate surface area is 103 Å². The Bertz CT molecular complexity index is 342. The van der Waals surface area contributed by atoms with Gasteiger partial charge in [-0.2, -0.15) is 0 Å². The molecule has 1 fully saturated rings. The van der Waals surface area contributed by atoms with Crippen LogP contribution < -0.4 is 5.32 Å². The Morgan fingerprint density at radius 2 is 2.00 bits per heavy atom. The highest BCUT2D eigenvalue weighted by molar-refractivity contribution is 5.13. The molecule has 2 heterocycles. The molecule has 1 N–H and O–H groups in total. The maximum Gasteiger partial charge on any atom is 0.115 e. The van der Waals surface area contributed by atoms with Gasteiger partial charge < -0.3 is 10.2 Å². The van der Waals surface area contributed by atoms with Gasteiger partial charge in [0.2, 0.25) is 0 Å². The Hall–Kier alpha value is -1.04. The lowest BCUT2D eigenvalue weighted by Crippen LogP contribution is -2.54. The first-order chi connectivity index (χ1) is 8.22. The van der Waals surface area contributed by atoms with Gasteiger partial charge in [0.05, 0.1) is 6.04 Å². The van der Waals surface area contributed by atoms with E-state index in [1.165, 1.54) is 0 Å². The van der Waals surface area contributed by atoms with Gasteiger partial charge in [0, 0.05) is 43.6 Å². The predicted molar refractivity (Wildman–Crippen MR) is 67.7 cm³/mol. The molecule has 0 aliphatic carbocycles. The summed E-state index contributed by atoms with van der Waals surface area (Å²) in [7, 11) is 6.36. The number of rotatable bonds is 3. The standard InChI is InChI=1S/C12H21N5/c1-13-12(10-6-14-9-15-7-10)11-8-16(2)4-5-17(11)3/h6-7,9,11-13H,4-5,8H2,1-3H3. The van der Waals surface area contributed by atoms with E-state index >= 15 is 0 Å². The van der Waals surface area contributed by atoms with Gasteiger partial charge in [-0.05, 0) is 21.1 Å². The summed E-state index contributed by atoms with van der Waals surface area (Å²) >= 11 is 0. The fourth-order valence-electron chi connectivity index (χ4n) is 2.46. The van der Waals surface area contributed by atoms with Crippen molar-refractivity contribution >= 4 is 0 Å². The lowest BCUT2D eigenvalue weighted by molar-refractivity contribution is 0.0895. The Morgan fingerprint density at radius 1 is 1.29 bits per heavy atom. The largest absolute Gasteiger partial charge is 0.312 e. The molecule has 94 valence electrons. The van der Waals surface area contributed by atoms with Crippen LogP contribution in [0.1, 0.15) is 11.6 Å². The van der Waals surface area contributed by atoms with E-state index in [0.29, 0.717) is 6.04 Å². The van der Waals surface area contributed by atoms with Crippen LogP contribution in [-0.4, -0.2) is 66.6 Å². The summed E-state index contributed by atoms with van der Waals surface area (Å²) in [6.45, 7) is 3.30. The van der Waals surface area contributed by atoms with Crippen molar-refractivity contribution in [1.29, 1.82) is 0 Å². The van der Waals surface area contributed by atoms with Crippen molar-refractivity contribution in [2.75, 3.05) is 40.8 Å². The van der Waals surface area contributed by atoms with Gasteiger partial charge >= 0.3 is 0 Å². The van der Waals surface area contributed by atoms with Gasteiger partial charge in [-0.25, -0.2) is 9.97 Å². The zero-order valence-corrected chi connectivity index (χ0v) is 10.8. The van der Waals surface area contributed by atoms with Crippen molar-refractivity contribution in [3.8, 4) is 0 Å². The Kier molecular flexibility index (Phi) is 4.04. The molecule has 0 spiro atoms. The number of aromatic nitrogens is 2. The van der Waals surface area contributed by atoms with Gasteiger partial charge in [0.15, 0.2) is 0 Å². The number of hydrogen-bond acceptors (Lipinski definition) is 5. The van der Waals surface area contributed by atoms with Crippen LogP contribution in [0.25, 0.3) is 0 Å². The van der Waals surface area contributed by atoms with E-state index in [1.54, 1.807) is 6.33 Å². The Balaban J connectivity index is 2.17. The molecule has 1 aromatic heterocycles. The number of hydrogen-bond donors (Lipinski definition) is 1. The van der Waals surface area contributed by atoms with Crippen LogP contribution in [0.5, 0.6) is 0 Å². The van der Waals surface area contributed by atoms with Crippen molar-refractivity contribution in [3.05, 3.63) is 24.3 Å². The molecule has 1 aliphatic rings. The smallest absolute Gasteiger partial charge is 0.115 e. The number of nitrogens with zero attached hydrogens (tertiary/aromatic N) is 4. The third-order valence-electron chi connectivity index (χ3n) is 3.53. The molecule has 0 aromatic carbocycles. The van der Waals surface area contributed by atoms with Crippen molar-refractivity contribution in [3.63, 3.8) is 0 Å². The van der Waals surface area contributed by atoms with Crippen LogP contribution in [0, 0.1) is 0 Å². The van der Waals surface area contributed by atoms with Crippen molar-refractivity contribution in [2.45, 2.75) is 12.1 Å². The minimum Gasteiger partial charge on any atom is -0.312 e. The third kappa shape index (κ3) is 2.80. The highest BCUT2D eigenvalue weighted by atomic mass is 15.3. The van der Waals surface area contributed by atoms with E-state index in [1.807, 2.05) is 19.4 Å². The molecule has 0 saturated carbocycles. The van der Waals surface area contributed by atoms with Gasteiger partial charge in [-0.3, -0.25) is 4.90 Å². The number of likely N-dealkylation sites (N-methyl/N-ethyl adjacent to an activating group) is 3. The van der Waals surface area contributed by atoms with Crippen molar-refractivity contribution < 1.29 is 0 Å². The minimum absolute atomic E-state index is 0.281. The van der Waals surface area contributed by atoms with Crippen LogP contribution in [0.3, 0.4) is 0 Å². The normalized spacial score (nSPS) is 24.8. The van der Waals surface area contributed by atoms with Crippen LogP contribution >= 0.6 is 0 Å². The summed E-state index contributed by atoms with van der Waals surface area (Å²) in [6.07, 6.45) is 5.38. The lowest BCUT2D eigenvalue weighted by Gasteiger charge is -2.41. The second-order valence-corrected chi connectivity index (χ2v) is 4.75. The van der Waals surface area contributed by atoms with Crippen LogP contribution in [0.2, 0.25) is 0 Å². The van der Waals surface area contributed by atoms with E-state index in [2.05, 4.69) is 39.2 Å². The molecule has 17 heavy (non-hydrogen) atoms. The molecule has 5 nitrogen and oxygen atoms in total. The van der Waals surface area contributed by atoms with Gasteiger partial charge in [-0.15, -0.1) is 0 Å². The summed E-state index contributed by atoms with van der Waals surface area (Å²) < 4.78 is 0. The van der Waals surface area contributed by atoms with Crippen LogP contribution in [0.15, 0.2) is 18.7 Å². The zero-order valence-electron chi connectivity index (χ0n) is 10.8. The number of piperazine rings is 1. The highest BCUT2D eigenvalue weighted by Crippen LogP contribution is 2.21. The fourth-order valence-corrected chi connectivity index (χ4v) is 2.46. The average molecular weight is 235 g/mol. The predicted octanol–water partition coefficient (Wildman–Crippen LogP) is -0.0171.